The molecule has 182 valence electrons. The van der Waals surface area contributed by atoms with E-state index >= 15 is 0 Å². The number of amides is 2. The van der Waals surface area contributed by atoms with Crippen molar-refractivity contribution in [3.8, 4) is 17.2 Å². The number of ether oxygens (including phenoxy) is 3. The van der Waals surface area contributed by atoms with Gasteiger partial charge >= 0.3 is 0 Å². The van der Waals surface area contributed by atoms with Crippen LogP contribution in [0.25, 0.3) is 6.08 Å². The third kappa shape index (κ3) is 5.53. The number of rotatable bonds is 7. The molecule has 36 heavy (non-hydrogen) atoms. The number of anilines is 1. The van der Waals surface area contributed by atoms with Gasteiger partial charge in [-0.15, -0.1) is 0 Å². The van der Waals surface area contributed by atoms with Crippen molar-refractivity contribution in [2.24, 2.45) is 0 Å². The summed E-state index contributed by atoms with van der Waals surface area (Å²) in [4.78, 5) is 27.3. The summed E-state index contributed by atoms with van der Waals surface area (Å²) in [5.74, 6) is 1.54. The highest BCUT2D eigenvalue weighted by Crippen LogP contribution is 2.36. The average Bonchev–Trinajstić information content (AvgIpc) is 3.43. The Morgan fingerprint density at radius 3 is 2.72 bits per heavy atom. The molecule has 0 atom stereocenters. The molecule has 0 aromatic heterocycles. The van der Waals surface area contributed by atoms with Crippen molar-refractivity contribution >= 4 is 51.9 Å². The first-order chi connectivity index (χ1) is 17.4. The van der Waals surface area contributed by atoms with Crippen LogP contribution >= 0.6 is 24.0 Å². The highest BCUT2D eigenvalue weighted by Gasteiger charge is 2.32. The maximum Gasteiger partial charge on any atom is 0.266 e. The molecule has 0 spiro atoms. The molecule has 2 amide bonds. The lowest BCUT2D eigenvalue weighted by Gasteiger charge is -2.14. The Morgan fingerprint density at radius 2 is 1.92 bits per heavy atom. The fraction of sp³-hybridized carbons (Fsp3) is 0.148. The Kier molecular flexibility index (Phi) is 6.92. The van der Waals surface area contributed by atoms with Crippen LogP contribution in [0.3, 0.4) is 0 Å². The van der Waals surface area contributed by atoms with Crippen molar-refractivity contribution in [2.75, 3.05) is 18.7 Å². The predicted octanol–water partition coefficient (Wildman–Crippen LogP) is 5.14. The van der Waals surface area contributed by atoms with Gasteiger partial charge < -0.3 is 19.5 Å². The minimum absolute atomic E-state index is 0.105. The number of thiocarbonyl (C=S) groups is 1. The molecule has 3 aromatic carbocycles. The van der Waals surface area contributed by atoms with Crippen LogP contribution in [-0.4, -0.2) is 34.4 Å². The Hall–Kier alpha value is -3.82. The van der Waals surface area contributed by atoms with E-state index in [9.17, 15) is 9.59 Å². The van der Waals surface area contributed by atoms with E-state index < -0.39 is 0 Å². The smallest absolute Gasteiger partial charge is 0.266 e. The maximum absolute atomic E-state index is 13.0. The number of hydrogen-bond acceptors (Lipinski definition) is 7. The fourth-order valence-corrected chi connectivity index (χ4v) is 4.99. The van der Waals surface area contributed by atoms with E-state index in [2.05, 4.69) is 5.32 Å². The molecule has 0 radical (unpaired) electrons. The number of hydrogen-bond donors (Lipinski definition) is 1. The number of carbonyl (C=O) groups excluding carboxylic acids is 2. The molecule has 1 saturated heterocycles. The van der Waals surface area contributed by atoms with Gasteiger partial charge in [0.05, 0.1) is 11.4 Å². The standard InChI is InChI=1S/C27H22N2O5S2/c1-17-3-2-4-20(11-17)28-25(30)15-32-21-8-5-18(6-9-21)13-24-26(31)29(27(35)36-24)14-19-7-10-22-23(12-19)34-16-33-22/h2-13H,14-16H2,1H3,(H,28,30)/b24-13-. The molecule has 5 rings (SSSR count). The third-order valence-electron chi connectivity index (χ3n) is 5.50. The Labute approximate surface area is 218 Å². The molecule has 1 N–H and O–H groups in total. The lowest BCUT2D eigenvalue weighted by atomic mass is 10.2. The zero-order valence-electron chi connectivity index (χ0n) is 19.4. The first kappa shape index (κ1) is 23.9. The van der Waals surface area contributed by atoms with Crippen LogP contribution in [0.1, 0.15) is 16.7 Å². The van der Waals surface area contributed by atoms with Crippen LogP contribution in [0, 0.1) is 6.92 Å². The highest BCUT2D eigenvalue weighted by molar-refractivity contribution is 8.26. The zero-order chi connectivity index (χ0) is 25.1. The summed E-state index contributed by atoms with van der Waals surface area (Å²) in [6, 6.07) is 20.4. The molecule has 0 aliphatic carbocycles. The van der Waals surface area contributed by atoms with Gasteiger partial charge in [-0.2, -0.15) is 0 Å². The Balaban J connectivity index is 1.17. The summed E-state index contributed by atoms with van der Waals surface area (Å²) in [6.07, 6.45) is 1.80. The number of benzene rings is 3. The van der Waals surface area contributed by atoms with Gasteiger partial charge in [-0.1, -0.05) is 54.3 Å². The summed E-state index contributed by atoms with van der Waals surface area (Å²) in [5, 5.41) is 2.81. The van der Waals surface area contributed by atoms with Crippen molar-refractivity contribution < 1.29 is 23.8 Å². The highest BCUT2D eigenvalue weighted by atomic mass is 32.2. The van der Waals surface area contributed by atoms with Gasteiger partial charge in [0.15, 0.2) is 18.1 Å². The van der Waals surface area contributed by atoms with E-state index in [-0.39, 0.29) is 25.2 Å². The van der Waals surface area contributed by atoms with E-state index in [1.807, 2.05) is 61.5 Å². The Bertz CT molecular complexity index is 1370. The lowest BCUT2D eigenvalue weighted by Crippen LogP contribution is -2.27. The first-order valence-corrected chi connectivity index (χ1v) is 12.4. The summed E-state index contributed by atoms with van der Waals surface area (Å²) >= 11 is 6.73. The number of aryl methyl sites for hydroxylation is 1. The second kappa shape index (κ2) is 10.4. The number of thioether (sulfide) groups is 1. The van der Waals surface area contributed by atoms with Crippen LogP contribution in [-0.2, 0) is 16.1 Å². The molecular formula is C27H22N2O5S2. The second-order valence-corrected chi connectivity index (χ2v) is 9.91. The van der Waals surface area contributed by atoms with Crippen molar-refractivity contribution in [1.82, 2.24) is 4.90 Å². The van der Waals surface area contributed by atoms with Crippen molar-refractivity contribution in [1.29, 1.82) is 0 Å². The zero-order valence-corrected chi connectivity index (χ0v) is 21.0. The summed E-state index contributed by atoms with van der Waals surface area (Å²) in [6.45, 7) is 2.42. The van der Waals surface area contributed by atoms with Gasteiger partial charge in [0.25, 0.3) is 11.8 Å². The summed E-state index contributed by atoms with van der Waals surface area (Å²) < 4.78 is 16.9. The minimum Gasteiger partial charge on any atom is -0.484 e. The quantitative estimate of drug-likeness (QED) is 0.343. The molecule has 9 heteroatoms. The summed E-state index contributed by atoms with van der Waals surface area (Å²) in [5.41, 5.74) is 3.53. The van der Waals surface area contributed by atoms with Crippen LogP contribution in [0.15, 0.2) is 71.6 Å². The van der Waals surface area contributed by atoms with E-state index in [1.54, 1.807) is 23.1 Å². The van der Waals surface area contributed by atoms with Crippen LogP contribution in [0.4, 0.5) is 5.69 Å². The Morgan fingerprint density at radius 1 is 1.11 bits per heavy atom. The normalized spacial score (nSPS) is 15.5. The fourth-order valence-electron chi connectivity index (χ4n) is 3.74. The maximum atomic E-state index is 13.0. The number of nitrogens with one attached hydrogen (secondary N) is 1. The number of nitrogens with zero attached hydrogens (tertiary/aromatic N) is 1. The van der Waals surface area contributed by atoms with Crippen LogP contribution in [0.5, 0.6) is 17.2 Å². The molecule has 3 aromatic rings. The molecule has 2 heterocycles. The van der Waals surface area contributed by atoms with Crippen molar-refractivity contribution in [2.45, 2.75) is 13.5 Å². The SMILES string of the molecule is Cc1cccc(NC(=O)COc2ccc(/C=C3\SC(=S)N(Cc4ccc5c(c4)OCO5)C3=O)cc2)c1. The number of carbonyl (C=O) groups is 2. The molecule has 2 aliphatic rings. The second-order valence-electron chi connectivity index (χ2n) is 8.23. The predicted molar refractivity (Wildman–Crippen MR) is 143 cm³/mol. The van der Waals surface area contributed by atoms with Gasteiger partial charge in [0.2, 0.25) is 6.79 Å². The minimum atomic E-state index is -0.240. The van der Waals surface area contributed by atoms with Gasteiger partial charge in [-0.05, 0) is 66.1 Å². The summed E-state index contributed by atoms with van der Waals surface area (Å²) in [7, 11) is 0. The third-order valence-corrected chi connectivity index (χ3v) is 6.88. The lowest BCUT2D eigenvalue weighted by molar-refractivity contribution is -0.122. The first-order valence-electron chi connectivity index (χ1n) is 11.2. The average molecular weight is 519 g/mol. The van der Waals surface area contributed by atoms with E-state index in [0.29, 0.717) is 33.0 Å². The molecule has 1 fully saturated rings. The largest absolute Gasteiger partial charge is 0.484 e. The topological polar surface area (TPSA) is 77.1 Å². The molecule has 0 bridgehead atoms. The molecule has 0 saturated carbocycles. The number of fused-ring (bicyclic) bond motifs is 1. The molecule has 7 nitrogen and oxygen atoms in total. The van der Waals surface area contributed by atoms with Crippen LogP contribution in [0.2, 0.25) is 0 Å². The monoisotopic (exact) mass is 518 g/mol. The van der Waals surface area contributed by atoms with Gasteiger partial charge in [0.1, 0.15) is 10.1 Å². The van der Waals surface area contributed by atoms with Gasteiger partial charge in [-0.3, -0.25) is 14.5 Å². The molecule has 2 aliphatic heterocycles. The van der Waals surface area contributed by atoms with Crippen molar-refractivity contribution in [3.63, 3.8) is 0 Å². The van der Waals surface area contributed by atoms with Crippen molar-refractivity contribution in [3.05, 3.63) is 88.3 Å². The molecule has 0 unspecified atom stereocenters. The van der Waals surface area contributed by atoms with E-state index in [1.165, 1.54) is 11.8 Å². The van der Waals surface area contributed by atoms with Crippen LogP contribution < -0.4 is 19.5 Å². The van der Waals surface area contributed by atoms with E-state index in [0.717, 1.165) is 22.4 Å². The van der Waals surface area contributed by atoms with E-state index in [4.69, 9.17) is 26.4 Å². The van der Waals surface area contributed by atoms with Gasteiger partial charge in [0, 0.05) is 5.69 Å². The molecular weight excluding hydrogens is 496 g/mol. The van der Waals surface area contributed by atoms with Gasteiger partial charge in [-0.25, -0.2) is 0 Å².